The van der Waals surface area contributed by atoms with Crippen LogP contribution in [0.2, 0.25) is 5.02 Å². The summed E-state index contributed by atoms with van der Waals surface area (Å²) in [5.74, 6) is -0.214. The van der Waals surface area contributed by atoms with E-state index in [1.807, 2.05) is 6.07 Å². The van der Waals surface area contributed by atoms with E-state index in [-0.39, 0.29) is 27.0 Å². The second-order valence-corrected chi connectivity index (χ2v) is 6.52. The van der Waals surface area contributed by atoms with Crippen LogP contribution in [0.25, 0.3) is 0 Å². The average molecular weight is 335 g/mol. The van der Waals surface area contributed by atoms with E-state index in [9.17, 15) is 13.2 Å². The number of nitrogens with zero attached hydrogens (tertiary/aromatic N) is 1. The number of carbonyl (C=O) groups excluding carboxylic acids is 1. The van der Waals surface area contributed by atoms with Gasteiger partial charge in [0.2, 0.25) is 0 Å². The van der Waals surface area contributed by atoms with Gasteiger partial charge in [0, 0.05) is 5.56 Å². The van der Waals surface area contributed by atoms with Gasteiger partial charge in [0.25, 0.3) is 10.0 Å². The Hall–Kier alpha value is -2.36. The molecule has 0 atom stereocenters. The van der Waals surface area contributed by atoms with E-state index in [1.54, 1.807) is 6.07 Å². The van der Waals surface area contributed by atoms with Gasteiger partial charge in [-0.2, -0.15) is 5.26 Å². The normalized spacial score (nSPS) is 10.8. The van der Waals surface area contributed by atoms with Gasteiger partial charge < -0.3 is 0 Å². The molecule has 0 unspecified atom stereocenters. The lowest BCUT2D eigenvalue weighted by Crippen LogP contribution is -2.14. The summed E-state index contributed by atoms with van der Waals surface area (Å²) in [6, 6.07) is 11.9. The lowest BCUT2D eigenvalue weighted by Gasteiger charge is -2.10. The Morgan fingerprint density at radius 3 is 2.50 bits per heavy atom. The molecule has 2 aromatic carbocycles. The molecule has 2 rings (SSSR count). The molecular weight excluding hydrogens is 324 g/mol. The minimum atomic E-state index is -3.92. The predicted octanol–water partition coefficient (Wildman–Crippen LogP) is 3.22. The summed E-state index contributed by atoms with van der Waals surface area (Å²) in [6.45, 7) is 1.37. The molecule has 0 spiro atoms. The number of benzene rings is 2. The summed E-state index contributed by atoms with van der Waals surface area (Å²) >= 11 is 5.95. The van der Waals surface area contributed by atoms with Crippen LogP contribution in [-0.4, -0.2) is 14.2 Å². The lowest BCUT2D eigenvalue weighted by molar-refractivity contribution is 0.101. The highest BCUT2D eigenvalue weighted by molar-refractivity contribution is 7.92. The Bertz CT molecular complexity index is 886. The van der Waals surface area contributed by atoms with Crippen LogP contribution >= 0.6 is 11.6 Å². The molecule has 0 aliphatic carbocycles. The first kappa shape index (κ1) is 16.0. The van der Waals surface area contributed by atoms with Crippen molar-refractivity contribution in [3.05, 3.63) is 58.6 Å². The first-order valence-corrected chi connectivity index (χ1v) is 8.03. The molecule has 0 amide bonds. The minimum absolute atomic E-state index is 0.0430. The fourth-order valence-corrected chi connectivity index (χ4v) is 3.39. The van der Waals surface area contributed by atoms with E-state index >= 15 is 0 Å². The number of nitriles is 1. The van der Waals surface area contributed by atoms with Crippen LogP contribution in [0, 0.1) is 11.3 Å². The van der Waals surface area contributed by atoms with Gasteiger partial charge in [0.05, 0.1) is 16.3 Å². The highest BCUT2D eigenvalue weighted by atomic mass is 35.5. The van der Waals surface area contributed by atoms with Crippen molar-refractivity contribution in [2.75, 3.05) is 4.72 Å². The molecule has 7 heteroatoms. The van der Waals surface area contributed by atoms with E-state index in [4.69, 9.17) is 16.9 Å². The van der Waals surface area contributed by atoms with Crippen LogP contribution in [0.4, 0.5) is 5.69 Å². The summed E-state index contributed by atoms with van der Waals surface area (Å²) in [6.07, 6.45) is 0. The first-order chi connectivity index (χ1) is 10.3. The van der Waals surface area contributed by atoms with E-state index in [0.29, 0.717) is 5.56 Å². The van der Waals surface area contributed by atoms with Crippen LogP contribution in [0.1, 0.15) is 22.8 Å². The zero-order valence-electron chi connectivity index (χ0n) is 11.5. The number of carbonyl (C=O) groups is 1. The summed E-state index contributed by atoms with van der Waals surface area (Å²) in [5.41, 5.74) is 0.561. The molecule has 0 aliphatic rings. The van der Waals surface area contributed by atoms with Gasteiger partial charge in [-0.15, -0.1) is 0 Å². The van der Waals surface area contributed by atoms with Crippen molar-refractivity contribution in [3.63, 3.8) is 0 Å². The summed E-state index contributed by atoms with van der Waals surface area (Å²) in [4.78, 5) is 11.2. The Kier molecular flexibility index (Phi) is 4.50. The van der Waals surface area contributed by atoms with E-state index in [0.717, 1.165) is 0 Å². The van der Waals surface area contributed by atoms with Gasteiger partial charge >= 0.3 is 0 Å². The molecule has 0 aromatic heterocycles. The molecule has 22 heavy (non-hydrogen) atoms. The molecule has 0 fully saturated rings. The fraction of sp³-hybridized carbons (Fsp3) is 0.0667. The molecule has 5 nitrogen and oxygen atoms in total. The Morgan fingerprint density at radius 1 is 1.23 bits per heavy atom. The van der Waals surface area contributed by atoms with Gasteiger partial charge in [-0.05, 0) is 37.3 Å². The Labute approximate surface area is 133 Å². The molecule has 0 saturated heterocycles. The molecule has 112 valence electrons. The number of anilines is 1. The molecule has 0 heterocycles. The van der Waals surface area contributed by atoms with Crippen molar-refractivity contribution in [3.8, 4) is 6.07 Å². The van der Waals surface area contributed by atoms with Gasteiger partial charge in [0.15, 0.2) is 5.78 Å². The quantitative estimate of drug-likeness (QED) is 0.870. The summed E-state index contributed by atoms with van der Waals surface area (Å²) in [5, 5.41) is 9.14. The van der Waals surface area contributed by atoms with Crippen molar-refractivity contribution >= 4 is 33.1 Å². The topological polar surface area (TPSA) is 87.0 Å². The summed E-state index contributed by atoms with van der Waals surface area (Å²) in [7, 11) is -3.92. The largest absolute Gasteiger partial charge is 0.294 e. The van der Waals surface area contributed by atoms with Gasteiger partial charge in [-0.3, -0.25) is 9.52 Å². The number of hydrogen-bond donors (Lipinski definition) is 1. The van der Waals surface area contributed by atoms with Crippen molar-refractivity contribution in [2.45, 2.75) is 11.8 Å². The summed E-state index contributed by atoms with van der Waals surface area (Å²) < 4.78 is 27.0. The highest BCUT2D eigenvalue weighted by Crippen LogP contribution is 2.24. The van der Waals surface area contributed by atoms with Gasteiger partial charge in [0.1, 0.15) is 11.0 Å². The maximum absolute atomic E-state index is 12.3. The third kappa shape index (κ3) is 3.27. The van der Waals surface area contributed by atoms with Crippen LogP contribution in [-0.2, 0) is 10.0 Å². The van der Waals surface area contributed by atoms with Crippen LogP contribution < -0.4 is 4.72 Å². The highest BCUT2D eigenvalue weighted by Gasteiger charge is 2.19. The maximum Gasteiger partial charge on any atom is 0.263 e. The van der Waals surface area contributed by atoms with E-state index in [1.165, 1.54) is 43.3 Å². The third-order valence-corrected chi connectivity index (χ3v) is 4.65. The SMILES string of the molecule is CC(=O)c1ccc(NS(=O)(=O)c2ccccc2C#N)cc1Cl. The molecule has 1 N–H and O–H groups in total. The van der Waals surface area contributed by atoms with Crippen LogP contribution in [0.5, 0.6) is 0 Å². The van der Waals surface area contributed by atoms with Gasteiger partial charge in [-0.1, -0.05) is 23.7 Å². The second-order valence-electron chi connectivity index (χ2n) is 4.46. The van der Waals surface area contributed by atoms with E-state index < -0.39 is 10.0 Å². The van der Waals surface area contributed by atoms with Crippen molar-refractivity contribution in [1.82, 2.24) is 0 Å². The third-order valence-electron chi connectivity index (χ3n) is 2.90. The van der Waals surface area contributed by atoms with Crippen molar-refractivity contribution < 1.29 is 13.2 Å². The monoisotopic (exact) mass is 334 g/mol. The number of rotatable bonds is 4. The minimum Gasteiger partial charge on any atom is -0.294 e. The van der Waals surface area contributed by atoms with Crippen molar-refractivity contribution in [1.29, 1.82) is 5.26 Å². The number of sulfonamides is 1. The Morgan fingerprint density at radius 2 is 1.91 bits per heavy atom. The number of ketones is 1. The average Bonchev–Trinajstić information content (AvgIpc) is 2.46. The van der Waals surface area contributed by atoms with Crippen molar-refractivity contribution in [2.24, 2.45) is 0 Å². The zero-order chi connectivity index (χ0) is 16.3. The second kappa shape index (κ2) is 6.18. The number of Topliss-reactive ketones (excluding diaryl/α,β-unsaturated/α-hetero) is 1. The standard InChI is InChI=1S/C15H11ClN2O3S/c1-10(19)13-7-6-12(8-14(13)16)18-22(20,21)15-5-3-2-4-11(15)9-17/h2-8,18H,1H3. The Balaban J connectivity index is 2.40. The molecule has 0 saturated carbocycles. The molecule has 0 aliphatic heterocycles. The zero-order valence-corrected chi connectivity index (χ0v) is 13.1. The number of nitrogens with one attached hydrogen (secondary N) is 1. The number of hydrogen-bond acceptors (Lipinski definition) is 4. The lowest BCUT2D eigenvalue weighted by atomic mass is 10.1. The first-order valence-electron chi connectivity index (χ1n) is 6.17. The molecule has 2 aromatic rings. The van der Waals surface area contributed by atoms with Crippen LogP contribution in [0.3, 0.4) is 0 Å². The van der Waals surface area contributed by atoms with Crippen LogP contribution in [0.15, 0.2) is 47.4 Å². The predicted molar refractivity (Wildman–Crippen MR) is 83.4 cm³/mol. The maximum atomic E-state index is 12.3. The molecule has 0 radical (unpaired) electrons. The molecular formula is C15H11ClN2O3S. The molecule has 0 bridgehead atoms. The smallest absolute Gasteiger partial charge is 0.263 e. The van der Waals surface area contributed by atoms with Gasteiger partial charge in [-0.25, -0.2) is 8.42 Å². The fourth-order valence-electron chi connectivity index (χ4n) is 1.87. The number of halogens is 1. The van der Waals surface area contributed by atoms with E-state index in [2.05, 4.69) is 4.72 Å².